The minimum atomic E-state index is -4.59. The summed E-state index contributed by atoms with van der Waals surface area (Å²) in [6.45, 7) is -1.94. The van der Waals surface area contributed by atoms with E-state index in [1.54, 1.807) is 24.3 Å². The largest absolute Gasteiger partial charge is 0.484 e. The SMILES string of the molecule is O=C(O)[C@@H]1C[C@@H](S(=O)(=O)c2ccc(OCC(F)(F)F)cc2Cl)CN1C(=O)C1(c2ccc(Cl)cc2)CCCC1. The van der Waals surface area contributed by atoms with Crippen molar-refractivity contribution in [2.45, 2.75) is 59.9 Å². The van der Waals surface area contributed by atoms with E-state index in [0.29, 0.717) is 23.4 Å². The second kappa shape index (κ2) is 10.6. The number of aliphatic carboxylic acids is 1. The number of hydrogen-bond donors (Lipinski definition) is 1. The zero-order valence-electron chi connectivity index (χ0n) is 19.9. The Labute approximate surface area is 227 Å². The van der Waals surface area contributed by atoms with Crippen LogP contribution in [0.2, 0.25) is 10.0 Å². The van der Waals surface area contributed by atoms with E-state index in [1.807, 2.05) is 0 Å². The molecule has 0 unspecified atom stereocenters. The Bertz CT molecular complexity index is 1330. The molecule has 206 valence electrons. The predicted molar refractivity (Wildman–Crippen MR) is 133 cm³/mol. The molecule has 2 aliphatic rings. The number of alkyl halides is 3. The van der Waals surface area contributed by atoms with Crippen molar-refractivity contribution in [3.05, 3.63) is 58.1 Å². The normalized spacial score (nSPS) is 21.4. The Morgan fingerprint density at radius 3 is 2.26 bits per heavy atom. The number of carbonyl (C=O) groups is 2. The number of benzene rings is 2. The molecule has 1 saturated carbocycles. The fourth-order valence-electron chi connectivity index (χ4n) is 5.28. The van der Waals surface area contributed by atoms with E-state index >= 15 is 0 Å². The van der Waals surface area contributed by atoms with Crippen molar-refractivity contribution in [1.82, 2.24) is 4.90 Å². The van der Waals surface area contributed by atoms with Crippen molar-refractivity contribution in [3.63, 3.8) is 0 Å². The molecule has 7 nitrogen and oxygen atoms in total. The maximum atomic E-state index is 13.9. The lowest BCUT2D eigenvalue weighted by Crippen LogP contribution is -2.50. The number of carboxylic acids is 1. The van der Waals surface area contributed by atoms with Gasteiger partial charge in [0, 0.05) is 17.6 Å². The molecular weight excluding hydrogens is 570 g/mol. The number of halogens is 5. The van der Waals surface area contributed by atoms with Crippen molar-refractivity contribution in [2.75, 3.05) is 13.2 Å². The third-order valence-corrected chi connectivity index (χ3v) is 9.99. The van der Waals surface area contributed by atoms with Crippen LogP contribution in [0.25, 0.3) is 0 Å². The number of carbonyl (C=O) groups excluding carboxylic acids is 1. The molecule has 0 radical (unpaired) electrons. The predicted octanol–water partition coefficient (Wildman–Crippen LogP) is 5.27. The van der Waals surface area contributed by atoms with Gasteiger partial charge in [0.05, 0.1) is 20.6 Å². The van der Waals surface area contributed by atoms with Crippen molar-refractivity contribution in [1.29, 1.82) is 0 Å². The number of hydrogen-bond acceptors (Lipinski definition) is 5. The van der Waals surface area contributed by atoms with Crippen molar-refractivity contribution < 1.29 is 41.0 Å². The van der Waals surface area contributed by atoms with Crippen LogP contribution in [0.4, 0.5) is 13.2 Å². The maximum Gasteiger partial charge on any atom is 0.422 e. The van der Waals surface area contributed by atoms with E-state index in [2.05, 4.69) is 4.74 Å². The Hall–Kier alpha value is -2.50. The summed E-state index contributed by atoms with van der Waals surface area (Å²) in [5, 5.41) is 8.73. The summed E-state index contributed by atoms with van der Waals surface area (Å²) in [5.74, 6) is -2.06. The van der Waals surface area contributed by atoms with Gasteiger partial charge >= 0.3 is 12.1 Å². The summed E-state index contributed by atoms with van der Waals surface area (Å²) in [6.07, 6.45) is -2.48. The van der Waals surface area contributed by atoms with E-state index in [1.165, 1.54) is 0 Å². The van der Waals surface area contributed by atoms with Gasteiger partial charge in [-0.05, 0) is 49.1 Å². The highest BCUT2D eigenvalue weighted by molar-refractivity contribution is 7.92. The molecule has 13 heteroatoms. The summed E-state index contributed by atoms with van der Waals surface area (Å²) in [5.41, 5.74) is -0.302. The van der Waals surface area contributed by atoms with E-state index < -0.39 is 51.2 Å². The standard InChI is InChI=1S/C25H24Cl2F3NO6S/c26-16-5-3-15(4-6-16)24(9-1-2-10-24)23(34)31-13-18(12-20(31)22(32)33)38(35,36)21-8-7-17(11-19(21)27)37-14-25(28,29)30/h3-8,11,18,20H,1-2,9-10,12-14H2,(H,32,33)/t18-,20+/m1/s1. The summed E-state index contributed by atoms with van der Waals surface area (Å²) in [4.78, 5) is 26.8. The van der Waals surface area contributed by atoms with Crippen LogP contribution in [0.5, 0.6) is 5.75 Å². The molecule has 1 heterocycles. The van der Waals surface area contributed by atoms with Crippen molar-refractivity contribution in [2.24, 2.45) is 0 Å². The molecule has 2 aromatic rings. The van der Waals surface area contributed by atoms with Gasteiger partial charge in [0.2, 0.25) is 5.91 Å². The summed E-state index contributed by atoms with van der Waals surface area (Å²) < 4.78 is 68.9. The van der Waals surface area contributed by atoms with Crippen LogP contribution in [0, 0.1) is 0 Å². The molecule has 2 aromatic carbocycles. The number of rotatable bonds is 7. The number of carboxylic acid groups (broad SMARTS) is 1. The number of sulfone groups is 1. The minimum Gasteiger partial charge on any atom is -0.484 e. The van der Waals surface area contributed by atoms with Gasteiger partial charge in [-0.2, -0.15) is 13.2 Å². The van der Waals surface area contributed by atoms with Crippen LogP contribution >= 0.6 is 23.2 Å². The average molecular weight is 594 g/mol. The minimum absolute atomic E-state index is 0.274. The van der Waals surface area contributed by atoms with Crippen LogP contribution in [0.15, 0.2) is 47.4 Å². The Balaban J connectivity index is 1.62. The highest BCUT2D eigenvalue weighted by Crippen LogP contribution is 2.45. The number of amides is 1. The monoisotopic (exact) mass is 593 g/mol. The van der Waals surface area contributed by atoms with Crippen LogP contribution in [-0.2, 0) is 24.8 Å². The van der Waals surface area contributed by atoms with Crippen LogP contribution in [0.1, 0.15) is 37.7 Å². The lowest BCUT2D eigenvalue weighted by atomic mass is 9.77. The molecule has 4 rings (SSSR count). The average Bonchev–Trinajstić information content (AvgIpc) is 3.51. The molecule has 1 aliphatic carbocycles. The molecule has 38 heavy (non-hydrogen) atoms. The molecular formula is C25H24Cl2F3NO6S. The first kappa shape index (κ1) is 28.5. The molecule has 1 saturated heterocycles. The molecule has 0 spiro atoms. The summed E-state index contributed by atoms with van der Waals surface area (Å²) in [6, 6.07) is 8.42. The number of ether oxygens (including phenoxy) is 1. The van der Waals surface area contributed by atoms with Gasteiger partial charge in [-0.25, -0.2) is 13.2 Å². The fraction of sp³-hybridized carbons (Fsp3) is 0.440. The summed E-state index contributed by atoms with van der Waals surface area (Å²) in [7, 11) is -4.26. The first-order chi connectivity index (χ1) is 17.7. The quantitative estimate of drug-likeness (QED) is 0.469. The highest BCUT2D eigenvalue weighted by atomic mass is 35.5. The highest BCUT2D eigenvalue weighted by Gasteiger charge is 2.52. The molecule has 1 N–H and O–H groups in total. The Morgan fingerprint density at radius 1 is 1.08 bits per heavy atom. The van der Waals surface area contributed by atoms with Crippen LogP contribution in [-0.4, -0.2) is 60.9 Å². The van der Waals surface area contributed by atoms with Gasteiger partial charge in [-0.3, -0.25) is 4.79 Å². The fourth-order valence-corrected chi connectivity index (χ4v) is 7.64. The third kappa shape index (κ3) is 5.60. The van der Waals surface area contributed by atoms with Crippen LogP contribution in [0.3, 0.4) is 0 Å². The third-order valence-electron chi connectivity index (χ3n) is 7.12. The number of nitrogens with zero attached hydrogens (tertiary/aromatic N) is 1. The Kier molecular flexibility index (Phi) is 7.94. The van der Waals surface area contributed by atoms with Gasteiger partial charge in [0.1, 0.15) is 11.8 Å². The summed E-state index contributed by atoms with van der Waals surface area (Å²) >= 11 is 12.1. The lowest BCUT2D eigenvalue weighted by molar-refractivity contribution is -0.153. The smallest absolute Gasteiger partial charge is 0.422 e. The van der Waals surface area contributed by atoms with E-state index in [4.69, 9.17) is 23.2 Å². The van der Waals surface area contributed by atoms with Gasteiger partial charge in [-0.15, -0.1) is 0 Å². The molecule has 1 amide bonds. The lowest BCUT2D eigenvalue weighted by Gasteiger charge is -2.34. The molecule has 0 bridgehead atoms. The first-order valence-electron chi connectivity index (χ1n) is 11.8. The van der Waals surface area contributed by atoms with Gasteiger partial charge in [0.15, 0.2) is 16.4 Å². The molecule has 0 aromatic heterocycles. The molecule has 2 atom stereocenters. The van der Waals surface area contributed by atoms with E-state index in [9.17, 15) is 36.3 Å². The molecule has 1 aliphatic heterocycles. The van der Waals surface area contributed by atoms with Gasteiger partial charge in [-0.1, -0.05) is 48.2 Å². The number of likely N-dealkylation sites (tertiary alicyclic amines) is 1. The second-order valence-corrected chi connectivity index (χ2v) is 12.5. The molecule has 2 fully saturated rings. The van der Waals surface area contributed by atoms with Crippen LogP contribution < -0.4 is 4.74 Å². The maximum absolute atomic E-state index is 13.9. The zero-order chi connectivity index (χ0) is 27.9. The van der Waals surface area contributed by atoms with E-state index in [-0.39, 0.29) is 28.6 Å². The van der Waals surface area contributed by atoms with Crippen molar-refractivity contribution >= 4 is 44.9 Å². The zero-order valence-corrected chi connectivity index (χ0v) is 22.2. The first-order valence-corrected chi connectivity index (χ1v) is 14.1. The Morgan fingerprint density at radius 2 is 1.71 bits per heavy atom. The van der Waals surface area contributed by atoms with Gasteiger partial charge < -0.3 is 14.7 Å². The second-order valence-electron chi connectivity index (χ2n) is 9.51. The van der Waals surface area contributed by atoms with E-state index in [0.717, 1.165) is 35.9 Å². The van der Waals surface area contributed by atoms with Crippen molar-refractivity contribution in [3.8, 4) is 5.75 Å². The van der Waals surface area contributed by atoms with Gasteiger partial charge in [0.25, 0.3) is 0 Å². The topological polar surface area (TPSA) is 101 Å².